The number of hydrogen-bond acceptors (Lipinski definition) is 2. The van der Waals surface area contributed by atoms with Crippen molar-refractivity contribution in [2.24, 2.45) is 0 Å². The van der Waals surface area contributed by atoms with E-state index in [0.717, 1.165) is 19.5 Å². The van der Waals surface area contributed by atoms with Gasteiger partial charge in [-0.1, -0.05) is 46.1 Å². The van der Waals surface area contributed by atoms with Crippen molar-refractivity contribution in [3.8, 4) is 0 Å². The molecule has 0 unspecified atom stereocenters. The quantitative estimate of drug-likeness (QED) is 0.475. The lowest BCUT2D eigenvalue weighted by molar-refractivity contribution is 0.126. The Morgan fingerprint density at radius 2 is 1.36 bits per heavy atom. The van der Waals surface area contributed by atoms with E-state index in [1.807, 2.05) is 0 Å². The normalized spacial score (nSPS) is 9.00. The highest BCUT2D eigenvalue weighted by atomic mass is 16.5. The molecule has 0 aliphatic rings. The van der Waals surface area contributed by atoms with Gasteiger partial charge in [0.2, 0.25) is 0 Å². The summed E-state index contributed by atoms with van der Waals surface area (Å²) in [6.07, 6.45) is 8.43. The van der Waals surface area contributed by atoms with E-state index in [9.17, 15) is 0 Å². The van der Waals surface area contributed by atoms with E-state index >= 15 is 0 Å². The molecule has 0 fully saturated rings. The van der Waals surface area contributed by atoms with Crippen LogP contribution < -0.4 is 0 Å². The van der Waals surface area contributed by atoms with Gasteiger partial charge in [0, 0.05) is 13.2 Å². The maximum Gasteiger partial charge on any atom is 0.0719 e. The monoisotopic (exact) mass is 202 g/mol. The molecular weight excluding hydrogens is 176 g/mol. The van der Waals surface area contributed by atoms with Crippen molar-refractivity contribution >= 4 is 0 Å². The van der Waals surface area contributed by atoms with E-state index in [4.69, 9.17) is 9.84 Å². The summed E-state index contributed by atoms with van der Waals surface area (Å²) in [4.78, 5) is 0. The summed E-state index contributed by atoms with van der Waals surface area (Å²) >= 11 is 0. The highest BCUT2D eigenvalue weighted by Gasteiger charge is 1.88. The molecule has 2 nitrogen and oxygen atoms in total. The number of unbranched alkanes of at least 4 members (excludes halogenated alkanes) is 4. The van der Waals surface area contributed by atoms with E-state index in [0.29, 0.717) is 0 Å². The Kier molecular flexibility index (Phi) is 20.9. The molecule has 0 saturated carbocycles. The van der Waals surface area contributed by atoms with Crippen molar-refractivity contribution in [2.75, 3.05) is 13.2 Å². The zero-order chi connectivity index (χ0) is 11.1. The molecule has 0 saturated heterocycles. The van der Waals surface area contributed by atoms with Crippen molar-refractivity contribution in [1.29, 1.82) is 0 Å². The Morgan fingerprint density at radius 1 is 1.00 bits per heavy atom. The predicted octanol–water partition coefficient (Wildman–Crippen LogP) is 4.07. The summed E-state index contributed by atoms with van der Waals surface area (Å²) in [6.45, 7) is 9.29. The zero-order valence-corrected chi connectivity index (χ0v) is 9.80. The fourth-order valence-electron chi connectivity index (χ4n) is 1.01. The summed E-state index contributed by atoms with van der Waals surface area (Å²) in [6, 6.07) is 0. The second-order valence-electron chi connectivity index (χ2n) is 3.21. The van der Waals surface area contributed by atoms with Crippen LogP contribution >= 0.6 is 0 Å². The van der Waals surface area contributed by atoms with Crippen molar-refractivity contribution in [3.63, 3.8) is 0 Å². The molecule has 0 aromatic carbocycles. The van der Waals surface area contributed by atoms with Crippen molar-refractivity contribution in [2.45, 2.75) is 52.4 Å². The minimum absolute atomic E-state index is 0.750. The Labute approximate surface area is 89.0 Å². The van der Waals surface area contributed by atoms with Crippen LogP contribution in [0, 0.1) is 0 Å². The first-order valence-corrected chi connectivity index (χ1v) is 5.66. The number of aliphatic hydroxyl groups is 1. The lowest BCUT2D eigenvalue weighted by Crippen LogP contribution is -1.96. The summed E-state index contributed by atoms with van der Waals surface area (Å²) in [5.74, 6) is 0. The molecule has 0 aliphatic carbocycles. The third-order valence-electron chi connectivity index (χ3n) is 1.78. The van der Waals surface area contributed by atoms with Crippen molar-refractivity contribution in [3.05, 3.63) is 12.8 Å². The first-order valence-electron chi connectivity index (χ1n) is 5.66. The van der Waals surface area contributed by atoms with Gasteiger partial charge < -0.3 is 9.84 Å². The van der Waals surface area contributed by atoms with Gasteiger partial charge in [0.05, 0.1) is 6.26 Å². The fourth-order valence-corrected chi connectivity index (χ4v) is 1.01. The number of ether oxygens (including phenoxy) is 1. The SMILES string of the molecule is C=CO.CCCCCOCCCCC. The molecule has 0 rings (SSSR count). The van der Waals surface area contributed by atoms with Crippen LogP contribution in [-0.2, 0) is 4.74 Å². The number of hydrogen-bond donors (Lipinski definition) is 1. The van der Waals surface area contributed by atoms with Gasteiger partial charge in [0.1, 0.15) is 0 Å². The Morgan fingerprint density at radius 3 is 1.64 bits per heavy atom. The summed E-state index contributed by atoms with van der Waals surface area (Å²) < 4.78 is 5.44. The first kappa shape index (κ1) is 15.9. The van der Waals surface area contributed by atoms with E-state index in [-0.39, 0.29) is 0 Å². The molecular formula is C12H26O2. The average molecular weight is 202 g/mol. The van der Waals surface area contributed by atoms with Crippen LogP contribution in [0.4, 0.5) is 0 Å². The van der Waals surface area contributed by atoms with Crippen LogP contribution in [0.2, 0.25) is 0 Å². The van der Waals surface area contributed by atoms with Crippen molar-refractivity contribution < 1.29 is 9.84 Å². The molecule has 0 amide bonds. The largest absolute Gasteiger partial charge is 0.516 e. The van der Waals surface area contributed by atoms with Gasteiger partial charge in [-0.3, -0.25) is 0 Å². The molecule has 0 heterocycles. The lowest BCUT2D eigenvalue weighted by atomic mass is 10.2. The van der Waals surface area contributed by atoms with Gasteiger partial charge in [-0.2, -0.15) is 0 Å². The predicted molar refractivity (Wildman–Crippen MR) is 62.7 cm³/mol. The Bertz CT molecular complexity index is 84.3. The standard InChI is InChI=1S/C10H22O.C2H4O/c1-3-5-7-9-11-10-8-6-4-2;1-2-3/h3-10H2,1-2H3;2-3H,1H2. The maximum atomic E-state index is 7.33. The van der Waals surface area contributed by atoms with Gasteiger partial charge in [-0.15, -0.1) is 0 Å². The van der Waals surface area contributed by atoms with Gasteiger partial charge in [0.25, 0.3) is 0 Å². The molecule has 2 heteroatoms. The molecule has 0 aliphatic heterocycles. The van der Waals surface area contributed by atoms with E-state index < -0.39 is 0 Å². The molecule has 0 aromatic rings. The highest BCUT2D eigenvalue weighted by molar-refractivity contribution is 4.39. The second kappa shape index (κ2) is 18.3. The van der Waals surface area contributed by atoms with Gasteiger partial charge in [0.15, 0.2) is 0 Å². The van der Waals surface area contributed by atoms with E-state index in [2.05, 4.69) is 20.4 Å². The lowest BCUT2D eigenvalue weighted by Gasteiger charge is -2.01. The molecule has 0 radical (unpaired) electrons. The van der Waals surface area contributed by atoms with Crippen molar-refractivity contribution in [1.82, 2.24) is 0 Å². The Hall–Kier alpha value is -0.500. The second-order valence-corrected chi connectivity index (χ2v) is 3.21. The smallest absolute Gasteiger partial charge is 0.0719 e. The van der Waals surface area contributed by atoms with Gasteiger partial charge >= 0.3 is 0 Å². The van der Waals surface area contributed by atoms with E-state index in [1.54, 1.807) is 0 Å². The molecule has 0 spiro atoms. The minimum atomic E-state index is 0.750. The molecule has 0 bridgehead atoms. The molecule has 0 atom stereocenters. The molecule has 14 heavy (non-hydrogen) atoms. The first-order chi connectivity index (χ1) is 6.83. The van der Waals surface area contributed by atoms with Gasteiger partial charge in [-0.05, 0) is 12.8 Å². The zero-order valence-electron chi connectivity index (χ0n) is 9.80. The van der Waals surface area contributed by atoms with Crippen LogP contribution in [0.3, 0.4) is 0 Å². The summed E-state index contributed by atoms with van der Waals surface area (Å²) in [7, 11) is 0. The van der Waals surface area contributed by atoms with Crippen LogP contribution in [0.15, 0.2) is 12.8 Å². The highest BCUT2D eigenvalue weighted by Crippen LogP contribution is 1.97. The molecule has 0 aromatic heterocycles. The average Bonchev–Trinajstić information content (AvgIpc) is 2.18. The number of aliphatic hydroxyl groups excluding tert-OH is 1. The summed E-state index contributed by atoms with van der Waals surface area (Å²) in [5.41, 5.74) is 0. The number of rotatable bonds is 8. The van der Waals surface area contributed by atoms with Crippen LogP contribution in [0.5, 0.6) is 0 Å². The van der Waals surface area contributed by atoms with Crippen LogP contribution in [0.1, 0.15) is 52.4 Å². The van der Waals surface area contributed by atoms with Gasteiger partial charge in [-0.25, -0.2) is 0 Å². The molecule has 1 N–H and O–H groups in total. The fraction of sp³-hybridized carbons (Fsp3) is 0.833. The molecule has 86 valence electrons. The minimum Gasteiger partial charge on any atom is -0.516 e. The van der Waals surface area contributed by atoms with Crippen LogP contribution in [0.25, 0.3) is 0 Å². The van der Waals surface area contributed by atoms with E-state index in [1.165, 1.54) is 38.5 Å². The van der Waals surface area contributed by atoms with Crippen LogP contribution in [-0.4, -0.2) is 18.3 Å². The third-order valence-corrected chi connectivity index (χ3v) is 1.78. The third kappa shape index (κ3) is 22.5. The topological polar surface area (TPSA) is 29.5 Å². The maximum absolute atomic E-state index is 7.33. The Balaban J connectivity index is 0. The summed E-state index contributed by atoms with van der Waals surface area (Å²) in [5, 5.41) is 7.33.